The third-order valence-corrected chi connectivity index (χ3v) is 9.42. The van der Waals surface area contributed by atoms with E-state index in [0.717, 1.165) is 44.9 Å². The van der Waals surface area contributed by atoms with Crippen LogP contribution in [0.4, 0.5) is 0 Å². The Bertz CT molecular complexity index is 792. The highest BCUT2D eigenvalue weighted by molar-refractivity contribution is 7.47. The van der Waals surface area contributed by atoms with Gasteiger partial charge in [-0.25, -0.2) is 4.57 Å². The number of rotatable bonds is 38. The van der Waals surface area contributed by atoms with Crippen LogP contribution in [-0.2, 0) is 27.9 Å². The standard InChI is InChI=1S/C39H76NO7P/c1-3-5-7-9-11-13-15-17-19-20-22-24-26-28-30-32-39(41)47-38(37-46-48(42,43)45-35-33-40)36-44-34-31-29-27-25-23-21-18-16-14-12-10-8-6-4-2/h17,19,31,34,38H,3-16,18,20-30,32-33,35-37,40H2,1-2H3,(H,42,43)/t38-/m1/s1. The molecule has 8 nitrogen and oxygen atoms in total. The minimum Gasteiger partial charge on any atom is -0.498 e. The number of carbonyl (C=O) groups excluding carboxylic acids is 1. The highest BCUT2D eigenvalue weighted by atomic mass is 31.2. The van der Waals surface area contributed by atoms with Gasteiger partial charge < -0.3 is 20.1 Å². The third kappa shape index (κ3) is 36.1. The summed E-state index contributed by atoms with van der Waals surface area (Å²) in [4.78, 5) is 22.4. The second-order valence-electron chi connectivity index (χ2n) is 13.2. The Kier molecular flexibility index (Phi) is 36.2. The van der Waals surface area contributed by atoms with Crippen LogP contribution in [0.1, 0.15) is 187 Å². The summed E-state index contributed by atoms with van der Waals surface area (Å²) in [6.45, 7) is 4.23. The molecule has 0 rings (SSSR count). The van der Waals surface area contributed by atoms with Crippen molar-refractivity contribution in [2.45, 2.75) is 193 Å². The zero-order chi connectivity index (χ0) is 35.2. The zero-order valence-corrected chi connectivity index (χ0v) is 32.1. The Morgan fingerprint density at radius 2 is 1.06 bits per heavy atom. The molecular formula is C39H76NO7P. The lowest BCUT2D eigenvalue weighted by molar-refractivity contribution is -0.153. The van der Waals surface area contributed by atoms with Gasteiger partial charge in [0.05, 0.1) is 19.5 Å². The molecule has 0 heterocycles. The lowest BCUT2D eigenvalue weighted by atomic mass is 10.0. The van der Waals surface area contributed by atoms with Crippen molar-refractivity contribution in [3.63, 3.8) is 0 Å². The van der Waals surface area contributed by atoms with Crippen LogP contribution in [0, 0.1) is 0 Å². The Morgan fingerprint density at radius 3 is 1.54 bits per heavy atom. The van der Waals surface area contributed by atoms with E-state index in [0.29, 0.717) is 6.42 Å². The van der Waals surface area contributed by atoms with Crippen molar-refractivity contribution in [1.82, 2.24) is 0 Å². The van der Waals surface area contributed by atoms with Crippen LogP contribution in [0.3, 0.4) is 0 Å². The maximum absolute atomic E-state index is 12.5. The first-order valence-electron chi connectivity index (χ1n) is 19.9. The highest BCUT2D eigenvalue weighted by Gasteiger charge is 2.25. The molecule has 3 N–H and O–H groups in total. The molecule has 1 unspecified atom stereocenters. The molecule has 0 aliphatic rings. The van der Waals surface area contributed by atoms with Crippen molar-refractivity contribution in [3.05, 3.63) is 24.5 Å². The fraction of sp³-hybridized carbons (Fsp3) is 0.872. The lowest BCUT2D eigenvalue weighted by Gasteiger charge is -2.19. The normalized spacial score (nSPS) is 13.8. The number of hydrogen-bond acceptors (Lipinski definition) is 7. The van der Waals surface area contributed by atoms with Gasteiger partial charge in [-0.2, -0.15) is 0 Å². The van der Waals surface area contributed by atoms with Gasteiger partial charge in [0.2, 0.25) is 0 Å². The minimum absolute atomic E-state index is 0.0317. The monoisotopic (exact) mass is 702 g/mol. The zero-order valence-electron chi connectivity index (χ0n) is 31.2. The smallest absolute Gasteiger partial charge is 0.472 e. The Hall–Kier alpha value is -1.18. The molecule has 0 saturated heterocycles. The summed E-state index contributed by atoms with van der Waals surface area (Å²) in [5.74, 6) is -0.360. The van der Waals surface area contributed by atoms with Gasteiger partial charge in [0.25, 0.3) is 0 Å². The Balaban J connectivity index is 4.13. The first-order chi connectivity index (χ1) is 23.4. The van der Waals surface area contributed by atoms with E-state index in [-0.39, 0.29) is 32.3 Å². The molecule has 0 aromatic heterocycles. The first-order valence-corrected chi connectivity index (χ1v) is 21.4. The van der Waals surface area contributed by atoms with Gasteiger partial charge in [-0.1, -0.05) is 148 Å². The number of nitrogens with two attached hydrogens (primary N) is 1. The number of phosphoric acid groups is 1. The summed E-state index contributed by atoms with van der Waals surface area (Å²) in [6, 6.07) is 0. The molecule has 48 heavy (non-hydrogen) atoms. The third-order valence-electron chi connectivity index (χ3n) is 8.44. The second kappa shape index (κ2) is 37.1. The molecule has 0 fully saturated rings. The molecule has 0 bridgehead atoms. The van der Waals surface area contributed by atoms with Crippen molar-refractivity contribution in [2.24, 2.45) is 5.73 Å². The molecule has 0 aromatic rings. The number of unbranched alkanes of at least 4 members (excludes halogenated alkanes) is 23. The molecule has 0 aliphatic heterocycles. The average molecular weight is 702 g/mol. The van der Waals surface area contributed by atoms with Crippen LogP contribution in [-0.4, -0.2) is 43.3 Å². The largest absolute Gasteiger partial charge is 0.498 e. The van der Waals surface area contributed by atoms with Crippen LogP contribution in [0.2, 0.25) is 0 Å². The Morgan fingerprint density at radius 1 is 0.625 bits per heavy atom. The van der Waals surface area contributed by atoms with Crippen molar-refractivity contribution in [1.29, 1.82) is 0 Å². The number of phosphoric ester groups is 1. The highest BCUT2D eigenvalue weighted by Crippen LogP contribution is 2.43. The fourth-order valence-corrected chi connectivity index (χ4v) is 6.25. The SMILES string of the molecule is CCCCCCCCC=CCCCCCCCC(=O)O[C@H](COC=CCCCCCCCCCCCCCC)COP(=O)(O)OCCN. The van der Waals surface area contributed by atoms with Gasteiger partial charge in [-0.3, -0.25) is 13.8 Å². The Labute approximate surface area is 296 Å². The molecule has 0 saturated carbocycles. The average Bonchev–Trinajstić information content (AvgIpc) is 3.07. The van der Waals surface area contributed by atoms with Gasteiger partial charge in [-0.05, 0) is 51.0 Å². The maximum Gasteiger partial charge on any atom is 0.472 e. The van der Waals surface area contributed by atoms with E-state index in [1.54, 1.807) is 6.26 Å². The van der Waals surface area contributed by atoms with Crippen molar-refractivity contribution in [3.8, 4) is 0 Å². The summed E-state index contributed by atoms with van der Waals surface area (Å²) < 4.78 is 33.1. The van der Waals surface area contributed by atoms with Crippen molar-refractivity contribution < 1.29 is 32.8 Å². The quantitative estimate of drug-likeness (QED) is 0.0215. The number of allylic oxidation sites excluding steroid dienone is 3. The summed E-state index contributed by atoms with van der Waals surface area (Å²) in [5, 5.41) is 0. The van der Waals surface area contributed by atoms with Gasteiger partial charge in [0.1, 0.15) is 6.61 Å². The molecule has 9 heteroatoms. The predicted molar refractivity (Wildman–Crippen MR) is 201 cm³/mol. The van der Waals surface area contributed by atoms with E-state index >= 15 is 0 Å². The summed E-state index contributed by atoms with van der Waals surface area (Å²) in [7, 11) is -4.29. The van der Waals surface area contributed by atoms with Gasteiger partial charge in [-0.15, -0.1) is 0 Å². The molecule has 0 aliphatic carbocycles. The summed E-state index contributed by atoms with van der Waals surface area (Å²) in [6.07, 6.45) is 39.9. The number of ether oxygens (including phenoxy) is 2. The van der Waals surface area contributed by atoms with Crippen LogP contribution in [0.5, 0.6) is 0 Å². The first kappa shape index (κ1) is 46.8. The molecule has 284 valence electrons. The molecule has 0 aromatic carbocycles. The van der Waals surface area contributed by atoms with E-state index < -0.39 is 13.9 Å². The van der Waals surface area contributed by atoms with E-state index in [4.69, 9.17) is 24.3 Å². The van der Waals surface area contributed by atoms with E-state index in [2.05, 4.69) is 26.0 Å². The molecule has 0 spiro atoms. The van der Waals surface area contributed by atoms with Crippen LogP contribution < -0.4 is 5.73 Å². The van der Waals surface area contributed by atoms with E-state index in [1.807, 2.05) is 6.08 Å². The van der Waals surface area contributed by atoms with Crippen molar-refractivity contribution in [2.75, 3.05) is 26.4 Å². The van der Waals surface area contributed by atoms with E-state index in [1.165, 1.54) is 122 Å². The number of carbonyl (C=O) groups is 1. The second-order valence-corrected chi connectivity index (χ2v) is 14.7. The predicted octanol–water partition coefficient (Wildman–Crippen LogP) is 11.6. The molecular weight excluding hydrogens is 625 g/mol. The molecule has 2 atom stereocenters. The maximum atomic E-state index is 12.5. The fourth-order valence-electron chi connectivity index (χ4n) is 5.49. The van der Waals surface area contributed by atoms with Gasteiger partial charge >= 0.3 is 13.8 Å². The molecule has 0 radical (unpaired) electrons. The van der Waals surface area contributed by atoms with Gasteiger partial charge in [0.15, 0.2) is 6.10 Å². The van der Waals surface area contributed by atoms with Crippen LogP contribution in [0.25, 0.3) is 0 Å². The number of esters is 1. The topological polar surface area (TPSA) is 117 Å². The van der Waals surface area contributed by atoms with Crippen LogP contribution >= 0.6 is 7.82 Å². The van der Waals surface area contributed by atoms with E-state index in [9.17, 15) is 14.3 Å². The van der Waals surface area contributed by atoms with Crippen LogP contribution in [0.15, 0.2) is 24.5 Å². The minimum atomic E-state index is -4.29. The van der Waals surface area contributed by atoms with Gasteiger partial charge in [0, 0.05) is 13.0 Å². The van der Waals surface area contributed by atoms with Crippen molar-refractivity contribution >= 4 is 13.8 Å². The summed E-state index contributed by atoms with van der Waals surface area (Å²) >= 11 is 0. The molecule has 0 amide bonds. The summed E-state index contributed by atoms with van der Waals surface area (Å²) in [5.41, 5.74) is 5.35. The lowest BCUT2D eigenvalue weighted by Crippen LogP contribution is -2.27. The number of hydrogen-bond donors (Lipinski definition) is 2.